The van der Waals surface area contributed by atoms with Crippen molar-refractivity contribution in [2.45, 2.75) is 16.8 Å². The topological polar surface area (TPSA) is 103 Å². The number of morpholine rings is 1. The first-order valence-corrected chi connectivity index (χ1v) is 11.1. The second-order valence-corrected chi connectivity index (χ2v) is 9.10. The fourth-order valence-electron chi connectivity index (χ4n) is 2.74. The van der Waals surface area contributed by atoms with Crippen molar-refractivity contribution in [2.75, 3.05) is 37.4 Å². The van der Waals surface area contributed by atoms with Crippen molar-refractivity contribution in [3.63, 3.8) is 0 Å². The van der Waals surface area contributed by atoms with Crippen LogP contribution < -0.4 is 10.0 Å². The molecule has 1 amide bonds. The number of hydrogen-bond donors (Lipinski definition) is 1. The van der Waals surface area contributed by atoms with Crippen LogP contribution in [0.5, 0.6) is 0 Å². The molecule has 150 valence electrons. The molecule has 1 N–H and O–H groups in total. The Hall–Kier alpha value is -2.14. The van der Waals surface area contributed by atoms with Crippen LogP contribution in [0.1, 0.15) is 5.56 Å². The van der Waals surface area contributed by atoms with Gasteiger partial charge in [-0.1, -0.05) is 6.07 Å². The fourth-order valence-corrected chi connectivity index (χ4v) is 5.12. The molecule has 28 heavy (non-hydrogen) atoms. The van der Waals surface area contributed by atoms with Crippen LogP contribution in [-0.2, 0) is 19.6 Å². The van der Waals surface area contributed by atoms with Gasteiger partial charge in [-0.05, 0) is 42.4 Å². The average molecular weight is 424 g/mol. The van der Waals surface area contributed by atoms with Gasteiger partial charge in [0, 0.05) is 30.9 Å². The van der Waals surface area contributed by atoms with E-state index in [1.54, 1.807) is 37.3 Å². The number of rotatable bonds is 6. The number of pyridine rings is 1. The number of aromatic nitrogens is 1. The van der Waals surface area contributed by atoms with Gasteiger partial charge < -0.3 is 15.3 Å². The normalized spacial score (nSPS) is 15.3. The first-order chi connectivity index (χ1) is 13.4. The Morgan fingerprint density at radius 1 is 1.29 bits per heavy atom. The summed E-state index contributed by atoms with van der Waals surface area (Å²) in [7, 11) is -3.66. The van der Waals surface area contributed by atoms with Gasteiger partial charge in [-0.3, -0.25) is 4.79 Å². The van der Waals surface area contributed by atoms with E-state index in [0.717, 1.165) is 11.8 Å². The summed E-state index contributed by atoms with van der Waals surface area (Å²) in [5, 5.41) is 14.7. The second kappa shape index (κ2) is 8.91. The van der Waals surface area contributed by atoms with Gasteiger partial charge in [0.1, 0.15) is 0 Å². The molecule has 3 rings (SSSR count). The van der Waals surface area contributed by atoms with E-state index in [0.29, 0.717) is 47.3 Å². The summed E-state index contributed by atoms with van der Waals surface area (Å²) in [4.78, 5) is 12.4. The summed E-state index contributed by atoms with van der Waals surface area (Å²) in [5.74, 6) is -0.293. The molecule has 8 nitrogen and oxygen atoms in total. The average Bonchev–Trinajstić information content (AvgIpc) is 2.69. The maximum atomic E-state index is 12.9. The number of benzene rings is 1. The third-order valence-corrected chi connectivity index (χ3v) is 7.26. The van der Waals surface area contributed by atoms with Crippen LogP contribution in [0.3, 0.4) is 0 Å². The predicted molar refractivity (Wildman–Crippen MR) is 106 cm³/mol. The molecule has 1 aromatic carbocycles. The van der Waals surface area contributed by atoms with Crippen LogP contribution in [-0.4, -0.2) is 50.7 Å². The van der Waals surface area contributed by atoms with Crippen molar-refractivity contribution in [1.82, 2.24) is 4.31 Å². The molecule has 1 aromatic heterocycles. The SMILES string of the molecule is Cc1ccc(NC(=O)CSc2cccc[n+]2[O-])cc1S(=O)(=O)N1CCOCC1. The Balaban J connectivity index is 1.70. The molecular formula is C18H21N3O5S2. The molecule has 0 bridgehead atoms. The van der Waals surface area contributed by atoms with Gasteiger partial charge in [-0.2, -0.15) is 9.04 Å². The van der Waals surface area contributed by atoms with E-state index >= 15 is 0 Å². The molecule has 0 aliphatic carbocycles. The molecular weight excluding hydrogens is 402 g/mol. The van der Waals surface area contributed by atoms with E-state index in [-0.39, 0.29) is 16.6 Å². The summed E-state index contributed by atoms with van der Waals surface area (Å²) in [6.07, 6.45) is 1.36. The molecule has 1 fully saturated rings. The Morgan fingerprint density at radius 3 is 2.75 bits per heavy atom. The highest BCUT2D eigenvalue weighted by atomic mass is 32.2. The van der Waals surface area contributed by atoms with Crippen molar-refractivity contribution in [3.05, 3.63) is 53.4 Å². The van der Waals surface area contributed by atoms with E-state index in [9.17, 15) is 18.4 Å². The molecule has 1 aliphatic heterocycles. The molecule has 10 heteroatoms. The molecule has 0 saturated carbocycles. The third-order valence-electron chi connectivity index (χ3n) is 4.20. The number of carbonyl (C=O) groups excluding carboxylic acids is 1. The second-order valence-electron chi connectivity index (χ2n) is 6.20. The maximum Gasteiger partial charge on any atom is 0.251 e. The quantitative estimate of drug-likeness (QED) is 0.428. The standard InChI is InChI=1S/C18H21N3O5S2/c1-14-5-6-15(12-16(14)28(24,25)20-8-10-26-11-9-20)19-17(22)13-27-18-4-2-3-7-21(18)23/h2-7,12H,8-11,13H2,1H3,(H,19,22). The molecule has 0 unspecified atom stereocenters. The predicted octanol–water partition coefficient (Wildman–Crippen LogP) is 1.38. The number of hydrogen-bond acceptors (Lipinski definition) is 6. The van der Waals surface area contributed by atoms with Crippen LogP contribution >= 0.6 is 11.8 Å². The lowest BCUT2D eigenvalue weighted by Gasteiger charge is -2.26. The summed E-state index contributed by atoms with van der Waals surface area (Å²) in [5.41, 5.74) is 1.00. The van der Waals surface area contributed by atoms with Crippen LogP contribution in [0, 0.1) is 12.1 Å². The molecule has 2 aromatic rings. The zero-order chi connectivity index (χ0) is 20.1. The van der Waals surface area contributed by atoms with Gasteiger partial charge in [0.15, 0.2) is 6.20 Å². The minimum Gasteiger partial charge on any atom is -0.618 e. The lowest BCUT2D eigenvalue weighted by molar-refractivity contribution is -0.645. The number of amides is 1. The monoisotopic (exact) mass is 423 g/mol. The summed E-state index contributed by atoms with van der Waals surface area (Å²) in [6, 6.07) is 9.76. The zero-order valence-corrected chi connectivity index (χ0v) is 17.0. The molecule has 0 atom stereocenters. The first-order valence-electron chi connectivity index (χ1n) is 8.67. The van der Waals surface area contributed by atoms with Crippen molar-refractivity contribution >= 4 is 33.4 Å². The Labute approximate surface area is 168 Å². The fraction of sp³-hybridized carbons (Fsp3) is 0.333. The van der Waals surface area contributed by atoms with E-state index in [2.05, 4.69) is 5.32 Å². The number of nitrogens with zero attached hydrogens (tertiary/aromatic N) is 2. The Bertz CT molecular complexity index is 959. The number of thioether (sulfide) groups is 1. The van der Waals surface area contributed by atoms with Crippen LogP contribution in [0.2, 0.25) is 0 Å². The number of carbonyl (C=O) groups is 1. The van der Waals surface area contributed by atoms with Crippen LogP contribution in [0.15, 0.2) is 52.5 Å². The minimum atomic E-state index is -3.66. The van der Waals surface area contributed by atoms with Gasteiger partial charge in [0.2, 0.25) is 15.9 Å². The van der Waals surface area contributed by atoms with Gasteiger partial charge in [0.05, 0.1) is 23.9 Å². The van der Waals surface area contributed by atoms with E-state index in [4.69, 9.17) is 4.74 Å². The van der Waals surface area contributed by atoms with Gasteiger partial charge >= 0.3 is 0 Å². The number of sulfonamides is 1. The Kier molecular flexibility index (Phi) is 6.55. The first kappa shape index (κ1) is 20.6. The highest BCUT2D eigenvalue weighted by molar-refractivity contribution is 7.99. The molecule has 2 heterocycles. The zero-order valence-electron chi connectivity index (χ0n) is 15.3. The van der Waals surface area contributed by atoms with Gasteiger partial charge in [0.25, 0.3) is 5.03 Å². The molecule has 0 radical (unpaired) electrons. The van der Waals surface area contributed by atoms with Crippen molar-refractivity contribution < 1.29 is 22.7 Å². The smallest absolute Gasteiger partial charge is 0.251 e. The number of anilines is 1. The number of aryl methyl sites for hydroxylation is 1. The largest absolute Gasteiger partial charge is 0.618 e. The van der Waals surface area contributed by atoms with Crippen LogP contribution in [0.25, 0.3) is 0 Å². The van der Waals surface area contributed by atoms with Crippen molar-refractivity contribution in [3.8, 4) is 0 Å². The van der Waals surface area contributed by atoms with Crippen molar-refractivity contribution in [1.29, 1.82) is 0 Å². The Morgan fingerprint density at radius 2 is 2.04 bits per heavy atom. The molecule has 1 saturated heterocycles. The lowest BCUT2D eigenvalue weighted by atomic mass is 10.2. The van der Waals surface area contributed by atoms with E-state index < -0.39 is 10.0 Å². The van der Waals surface area contributed by atoms with Gasteiger partial charge in [-0.25, -0.2) is 8.42 Å². The van der Waals surface area contributed by atoms with E-state index in [1.807, 2.05) is 0 Å². The molecule has 0 spiro atoms. The lowest BCUT2D eigenvalue weighted by Crippen LogP contribution is -2.40. The minimum absolute atomic E-state index is 0.0334. The number of nitrogens with one attached hydrogen (secondary N) is 1. The maximum absolute atomic E-state index is 12.9. The van der Waals surface area contributed by atoms with Gasteiger partial charge in [-0.15, -0.1) is 0 Å². The van der Waals surface area contributed by atoms with Crippen molar-refractivity contribution in [2.24, 2.45) is 0 Å². The summed E-state index contributed by atoms with van der Waals surface area (Å²) >= 11 is 1.11. The number of ether oxygens (including phenoxy) is 1. The summed E-state index contributed by atoms with van der Waals surface area (Å²) < 4.78 is 33.1. The highest BCUT2D eigenvalue weighted by Gasteiger charge is 2.28. The molecule has 1 aliphatic rings. The third kappa shape index (κ3) is 4.82. The van der Waals surface area contributed by atoms with E-state index in [1.165, 1.54) is 16.6 Å². The highest BCUT2D eigenvalue weighted by Crippen LogP contribution is 2.24. The van der Waals surface area contributed by atoms with Crippen LogP contribution in [0.4, 0.5) is 5.69 Å². The summed E-state index contributed by atoms with van der Waals surface area (Å²) in [6.45, 7) is 3.07.